The summed E-state index contributed by atoms with van der Waals surface area (Å²) in [6.07, 6.45) is 4.06. The highest BCUT2D eigenvalue weighted by Gasteiger charge is 2.28. The number of H-pyrrole nitrogens is 1. The summed E-state index contributed by atoms with van der Waals surface area (Å²) in [4.78, 5) is 18.0. The molecule has 146 valence electrons. The van der Waals surface area contributed by atoms with Crippen molar-refractivity contribution in [1.29, 1.82) is 0 Å². The van der Waals surface area contributed by atoms with E-state index >= 15 is 0 Å². The summed E-state index contributed by atoms with van der Waals surface area (Å²) in [7, 11) is 0. The minimum atomic E-state index is -0.968. The average Bonchev–Trinajstić information content (AvgIpc) is 3.14. The molecule has 1 amide bonds. The quantitative estimate of drug-likeness (QED) is 0.689. The first-order valence-corrected chi connectivity index (χ1v) is 9.59. The molecule has 2 aromatic carbocycles. The van der Waals surface area contributed by atoms with Crippen LogP contribution in [-0.4, -0.2) is 34.9 Å². The van der Waals surface area contributed by atoms with Gasteiger partial charge in [-0.3, -0.25) is 9.69 Å². The molecule has 0 saturated carbocycles. The van der Waals surface area contributed by atoms with Crippen LogP contribution in [0.15, 0.2) is 48.7 Å². The molecule has 0 unspecified atom stereocenters. The van der Waals surface area contributed by atoms with E-state index in [1.807, 2.05) is 13.0 Å². The molecule has 6 heteroatoms. The Labute approximate surface area is 162 Å². The average molecular weight is 383 g/mol. The second kappa shape index (κ2) is 7.72. The molecule has 2 N–H and O–H groups in total. The molecule has 0 aliphatic carbocycles. The molecule has 4 rings (SSSR count). The maximum atomic E-state index is 13.3. The van der Waals surface area contributed by atoms with Crippen LogP contribution in [0.25, 0.3) is 10.9 Å². The highest BCUT2D eigenvalue weighted by Crippen LogP contribution is 2.33. The van der Waals surface area contributed by atoms with Crippen LogP contribution < -0.4 is 5.32 Å². The smallest absolute Gasteiger partial charge is 0.241 e. The van der Waals surface area contributed by atoms with Crippen molar-refractivity contribution >= 4 is 22.5 Å². The monoisotopic (exact) mass is 383 g/mol. The van der Waals surface area contributed by atoms with Gasteiger partial charge in [0, 0.05) is 28.9 Å². The lowest BCUT2D eigenvalue weighted by atomic mass is 9.88. The highest BCUT2D eigenvalue weighted by atomic mass is 19.2. The Morgan fingerprint density at radius 1 is 1.14 bits per heavy atom. The van der Waals surface area contributed by atoms with E-state index in [-0.39, 0.29) is 17.6 Å². The summed E-state index contributed by atoms with van der Waals surface area (Å²) < 4.78 is 26.4. The highest BCUT2D eigenvalue weighted by molar-refractivity contribution is 5.94. The van der Waals surface area contributed by atoms with E-state index in [0.717, 1.165) is 43.6 Å². The number of amides is 1. The lowest BCUT2D eigenvalue weighted by Crippen LogP contribution is -2.45. The van der Waals surface area contributed by atoms with E-state index in [9.17, 15) is 13.6 Å². The van der Waals surface area contributed by atoms with Gasteiger partial charge in [-0.15, -0.1) is 0 Å². The normalized spacial score (nSPS) is 17.0. The number of benzene rings is 2. The molecule has 1 aliphatic rings. The first-order chi connectivity index (χ1) is 13.5. The molecular weight excluding hydrogens is 360 g/mol. The van der Waals surface area contributed by atoms with Crippen LogP contribution in [0.1, 0.15) is 31.2 Å². The first kappa shape index (κ1) is 18.6. The Balaban J connectivity index is 1.37. The predicted octanol–water partition coefficient (Wildman–Crippen LogP) is 4.65. The summed E-state index contributed by atoms with van der Waals surface area (Å²) in [6, 6.07) is 11.4. The van der Waals surface area contributed by atoms with Crippen molar-refractivity contribution in [2.24, 2.45) is 0 Å². The van der Waals surface area contributed by atoms with E-state index in [1.54, 1.807) is 0 Å². The standard InChI is InChI=1S/C22H23F2N3O/c1-14(22(28)26-16-6-7-19(23)20(24)12-16)27-10-8-15(9-11-27)18-13-25-21-5-3-2-4-17(18)21/h2-7,12-15,25H,8-11H2,1H3,(H,26,28)/t14-/m0/s1. The predicted molar refractivity (Wildman–Crippen MR) is 106 cm³/mol. The number of nitrogens with one attached hydrogen (secondary N) is 2. The summed E-state index contributed by atoms with van der Waals surface area (Å²) >= 11 is 0. The van der Waals surface area contributed by atoms with Gasteiger partial charge in [-0.25, -0.2) is 8.78 Å². The third-order valence-corrected chi connectivity index (χ3v) is 5.70. The number of hydrogen-bond acceptors (Lipinski definition) is 2. The zero-order valence-electron chi connectivity index (χ0n) is 15.7. The number of likely N-dealkylation sites (tertiary alicyclic amines) is 1. The van der Waals surface area contributed by atoms with Crippen molar-refractivity contribution < 1.29 is 13.6 Å². The fourth-order valence-electron chi connectivity index (χ4n) is 4.02. The van der Waals surface area contributed by atoms with Gasteiger partial charge in [0.2, 0.25) is 5.91 Å². The minimum Gasteiger partial charge on any atom is -0.361 e. The van der Waals surface area contributed by atoms with Crippen molar-refractivity contribution in [2.45, 2.75) is 31.7 Å². The van der Waals surface area contributed by atoms with Gasteiger partial charge in [-0.1, -0.05) is 18.2 Å². The minimum absolute atomic E-state index is 0.212. The third-order valence-electron chi connectivity index (χ3n) is 5.70. The third kappa shape index (κ3) is 3.64. The number of hydrogen-bond donors (Lipinski definition) is 2. The molecule has 28 heavy (non-hydrogen) atoms. The molecule has 1 saturated heterocycles. The Kier molecular flexibility index (Phi) is 5.13. The lowest BCUT2D eigenvalue weighted by Gasteiger charge is -2.35. The van der Waals surface area contributed by atoms with Crippen molar-refractivity contribution in [1.82, 2.24) is 9.88 Å². The van der Waals surface area contributed by atoms with Gasteiger partial charge in [0.15, 0.2) is 11.6 Å². The van der Waals surface area contributed by atoms with Gasteiger partial charge in [0.1, 0.15) is 0 Å². The largest absolute Gasteiger partial charge is 0.361 e. The van der Waals surface area contributed by atoms with Gasteiger partial charge in [0.05, 0.1) is 6.04 Å². The number of carbonyl (C=O) groups excluding carboxylic acids is 1. The maximum absolute atomic E-state index is 13.3. The molecule has 0 spiro atoms. The molecule has 1 atom stereocenters. The molecule has 1 aromatic heterocycles. The van der Waals surface area contributed by atoms with Gasteiger partial charge in [-0.2, -0.15) is 0 Å². The number of anilines is 1. The number of rotatable bonds is 4. The van der Waals surface area contributed by atoms with Gasteiger partial charge in [0.25, 0.3) is 0 Å². The van der Waals surface area contributed by atoms with E-state index in [2.05, 4.69) is 39.6 Å². The molecule has 3 aromatic rings. The topological polar surface area (TPSA) is 48.1 Å². The van der Waals surface area contributed by atoms with Crippen LogP contribution in [-0.2, 0) is 4.79 Å². The number of para-hydroxylation sites is 1. The van der Waals surface area contributed by atoms with E-state index < -0.39 is 11.6 Å². The van der Waals surface area contributed by atoms with Crippen LogP contribution in [0.4, 0.5) is 14.5 Å². The van der Waals surface area contributed by atoms with Crippen LogP contribution in [0.2, 0.25) is 0 Å². The van der Waals surface area contributed by atoms with Crippen molar-refractivity contribution in [3.8, 4) is 0 Å². The SMILES string of the molecule is C[C@@H](C(=O)Nc1ccc(F)c(F)c1)N1CCC(c2c[nH]c3ccccc23)CC1. The van der Waals surface area contributed by atoms with Crippen LogP contribution in [0.5, 0.6) is 0 Å². The summed E-state index contributed by atoms with van der Waals surface area (Å²) in [6.45, 7) is 3.48. The van der Waals surface area contributed by atoms with E-state index in [0.29, 0.717) is 5.92 Å². The summed E-state index contributed by atoms with van der Waals surface area (Å²) in [5.41, 5.74) is 2.76. The van der Waals surface area contributed by atoms with Crippen LogP contribution in [0.3, 0.4) is 0 Å². The van der Waals surface area contributed by atoms with Crippen LogP contribution in [0, 0.1) is 11.6 Å². The molecule has 0 bridgehead atoms. The Morgan fingerprint density at radius 2 is 1.89 bits per heavy atom. The fourth-order valence-corrected chi connectivity index (χ4v) is 4.02. The molecule has 1 aliphatic heterocycles. The number of carbonyl (C=O) groups is 1. The van der Waals surface area contributed by atoms with Crippen molar-refractivity contribution in [3.63, 3.8) is 0 Å². The molecule has 0 radical (unpaired) electrons. The number of nitrogens with zero attached hydrogens (tertiary/aromatic N) is 1. The zero-order valence-corrected chi connectivity index (χ0v) is 15.7. The number of aromatic amines is 1. The Hall–Kier alpha value is -2.73. The van der Waals surface area contributed by atoms with Gasteiger partial charge < -0.3 is 10.3 Å². The number of fused-ring (bicyclic) bond motifs is 1. The number of piperidine rings is 1. The Bertz CT molecular complexity index is 992. The molecule has 4 nitrogen and oxygen atoms in total. The van der Waals surface area contributed by atoms with Crippen molar-refractivity contribution in [2.75, 3.05) is 18.4 Å². The van der Waals surface area contributed by atoms with E-state index in [1.165, 1.54) is 17.0 Å². The van der Waals surface area contributed by atoms with Gasteiger partial charge in [-0.05, 0) is 62.5 Å². The van der Waals surface area contributed by atoms with Crippen molar-refractivity contribution in [3.05, 3.63) is 65.9 Å². The fraction of sp³-hybridized carbons (Fsp3) is 0.318. The van der Waals surface area contributed by atoms with Gasteiger partial charge >= 0.3 is 0 Å². The second-order valence-corrected chi connectivity index (χ2v) is 7.39. The Morgan fingerprint density at radius 3 is 2.64 bits per heavy atom. The summed E-state index contributed by atoms with van der Waals surface area (Å²) in [5.74, 6) is -1.64. The zero-order chi connectivity index (χ0) is 19.7. The number of halogens is 2. The molecule has 2 heterocycles. The molecule has 1 fully saturated rings. The second-order valence-electron chi connectivity index (χ2n) is 7.39. The molecular formula is C22H23F2N3O. The number of aromatic nitrogens is 1. The van der Waals surface area contributed by atoms with Crippen LogP contribution >= 0.6 is 0 Å². The maximum Gasteiger partial charge on any atom is 0.241 e. The first-order valence-electron chi connectivity index (χ1n) is 9.59. The van der Waals surface area contributed by atoms with E-state index in [4.69, 9.17) is 0 Å². The lowest BCUT2D eigenvalue weighted by molar-refractivity contribution is -0.121. The summed E-state index contributed by atoms with van der Waals surface area (Å²) in [5, 5.41) is 3.95.